The Morgan fingerprint density at radius 3 is 2.17 bits per heavy atom. The first-order chi connectivity index (χ1) is 11.0. The van der Waals surface area contributed by atoms with Crippen LogP contribution in [0.15, 0.2) is 12.1 Å². The molecule has 1 saturated heterocycles. The minimum absolute atomic E-state index is 0.106. The van der Waals surface area contributed by atoms with Gasteiger partial charge in [0.15, 0.2) is 0 Å². The summed E-state index contributed by atoms with van der Waals surface area (Å²) in [4.78, 5) is 34.7. The van der Waals surface area contributed by atoms with E-state index in [1.165, 1.54) is 0 Å². The van der Waals surface area contributed by atoms with Crippen LogP contribution in [0.5, 0.6) is 0 Å². The number of hydrogen-bond donors (Lipinski definition) is 0. The maximum Gasteiger partial charge on any atom is 0.340 e. The van der Waals surface area contributed by atoms with Gasteiger partial charge in [0, 0.05) is 19.2 Å². The van der Waals surface area contributed by atoms with Crippen LogP contribution in [-0.2, 0) is 4.74 Å². The van der Waals surface area contributed by atoms with Crippen molar-refractivity contribution in [3.8, 4) is 0 Å². The van der Waals surface area contributed by atoms with Crippen molar-refractivity contribution in [1.82, 2.24) is 0 Å². The van der Waals surface area contributed by atoms with E-state index in [0.29, 0.717) is 13.1 Å². The molecule has 9 heteroatoms. The van der Waals surface area contributed by atoms with E-state index in [9.17, 15) is 25.0 Å². The van der Waals surface area contributed by atoms with Crippen LogP contribution in [0.25, 0.3) is 0 Å². The van der Waals surface area contributed by atoms with E-state index in [2.05, 4.69) is 4.74 Å². The number of esters is 1. The number of hydrogen-bond acceptors (Lipinski definition) is 7. The molecule has 1 aromatic rings. The van der Waals surface area contributed by atoms with E-state index < -0.39 is 27.2 Å². The molecule has 1 aromatic carbocycles. The van der Waals surface area contributed by atoms with Crippen LogP contribution in [0, 0.1) is 20.2 Å². The summed E-state index contributed by atoms with van der Waals surface area (Å²) in [6.07, 6.45) is 3.69. The highest BCUT2D eigenvalue weighted by molar-refractivity contribution is 5.99. The fourth-order valence-electron chi connectivity index (χ4n) is 2.74. The lowest BCUT2D eigenvalue weighted by Gasteiger charge is -2.24. The van der Waals surface area contributed by atoms with Crippen molar-refractivity contribution in [3.63, 3.8) is 0 Å². The summed E-state index contributed by atoms with van der Waals surface area (Å²) in [5, 5.41) is 22.4. The maximum absolute atomic E-state index is 12.0. The van der Waals surface area contributed by atoms with Crippen LogP contribution >= 0.6 is 0 Å². The zero-order valence-corrected chi connectivity index (χ0v) is 12.7. The van der Waals surface area contributed by atoms with Gasteiger partial charge >= 0.3 is 5.97 Å². The first-order valence-corrected chi connectivity index (χ1v) is 7.25. The van der Waals surface area contributed by atoms with Crippen LogP contribution in [0.3, 0.4) is 0 Å². The molecular formula is C14H17N3O6. The van der Waals surface area contributed by atoms with Crippen molar-refractivity contribution < 1.29 is 19.4 Å². The highest BCUT2D eigenvalue weighted by atomic mass is 16.6. The molecule has 0 aromatic heterocycles. The lowest BCUT2D eigenvalue weighted by molar-refractivity contribution is -0.393. The number of non-ortho nitro benzene ring substituents is 1. The smallest absolute Gasteiger partial charge is 0.340 e. The van der Waals surface area contributed by atoms with E-state index in [0.717, 1.165) is 44.9 Å². The van der Waals surface area contributed by atoms with Gasteiger partial charge in [0.2, 0.25) is 0 Å². The lowest BCUT2D eigenvalue weighted by Crippen LogP contribution is -2.27. The van der Waals surface area contributed by atoms with Crippen LogP contribution in [0.4, 0.5) is 17.1 Å². The summed E-state index contributed by atoms with van der Waals surface area (Å²) < 4.78 is 4.66. The lowest BCUT2D eigenvalue weighted by atomic mass is 10.1. The van der Waals surface area contributed by atoms with Crippen molar-refractivity contribution >= 4 is 23.0 Å². The Kier molecular flexibility index (Phi) is 5.09. The molecule has 0 saturated carbocycles. The Bertz CT molecular complexity index is 638. The predicted molar refractivity (Wildman–Crippen MR) is 81.8 cm³/mol. The standard InChI is InChI=1S/C14H17N3O6/c1-23-14(18)11-8-10(16(19)20)9-12(17(21)22)13(11)15-6-4-2-3-5-7-15/h8-9H,2-7H2,1H3. The molecule has 1 fully saturated rings. The van der Waals surface area contributed by atoms with Crippen molar-refractivity contribution in [2.45, 2.75) is 25.7 Å². The largest absolute Gasteiger partial charge is 0.465 e. The number of anilines is 1. The number of ether oxygens (including phenoxy) is 1. The number of nitro benzene ring substituents is 2. The number of nitrogens with zero attached hydrogens (tertiary/aromatic N) is 3. The van der Waals surface area contributed by atoms with Gasteiger partial charge in [-0.1, -0.05) is 12.8 Å². The summed E-state index contributed by atoms with van der Waals surface area (Å²) in [5.41, 5.74) is -0.984. The normalized spacial score (nSPS) is 14.9. The van der Waals surface area contributed by atoms with Crippen molar-refractivity contribution in [3.05, 3.63) is 37.9 Å². The number of benzene rings is 1. The maximum atomic E-state index is 12.0. The summed E-state index contributed by atoms with van der Waals surface area (Å²) in [7, 11) is 1.14. The van der Waals surface area contributed by atoms with Gasteiger partial charge in [0.05, 0.1) is 28.6 Å². The van der Waals surface area contributed by atoms with E-state index >= 15 is 0 Å². The van der Waals surface area contributed by atoms with Gasteiger partial charge in [0.1, 0.15) is 5.69 Å². The van der Waals surface area contributed by atoms with Crippen molar-refractivity contribution in [2.75, 3.05) is 25.1 Å². The molecule has 1 heterocycles. The molecule has 23 heavy (non-hydrogen) atoms. The Hall–Kier alpha value is -2.71. The molecule has 0 N–H and O–H groups in total. The van der Waals surface area contributed by atoms with Gasteiger partial charge < -0.3 is 9.64 Å². The summed E-state index contributed by atoms with van der Waals surface area (Å²) in [6, 6.07) is 1.94. The second-order valence-corrected chi connectivity index (χ2v) is 5.27. The number of nitro groups is 2. The van der Waals surface area contributed by atoms with Gasteiger partial charge in [-0.15, -0.1) is 0 Å². The monoisotopic (exact) mass is 323 g/mol. The Morgan fingerprint density at radius 2 is 1.70 bits per heavy atom. The van der Waals surface area contributed by atoms with Crippen LogP contribution in [-0.4, -0.2) is 36.0 Å². The van der Waals surface area contributed by atoms with E-state index in [4.69, 9.17) is 0 Å². The first kappa shape index (κ1) is 16.7. The zero-order valence-electron chi connectivity index (χ0n) is 12.7. The highest BCUT2D eigenvalue weighted by Gasteiger charge is 2.31. The number of rotatable bonds is 4. The molecule has 2 rings (SSSR count). The van der Waals surface area contributed by atoms with Crippen molar-refractivity contribution in [2.24, 2.45) is 0 Å². The topological polar surface area (TPSA) is 116 Å². The zero-order chi connectivity index (χ0) is 17.0. The van der Waals surface area contributed by atoms with Gasteiger partial charge in [-0.2, -0.15) is 0 Å². The van der Waals surface area contributed by atoms with Gasteiger partial charge in [-0.25, -0.2) is 4.79 Å². The molecule has 124 valence electrons. The quantitative estimate of drug-likeness (QED) is 0.475. The van der Waals surface area contributed by atoms with E-state index in [1.807, 2.05) is 0 Å². The molecule has 9 nitrogen and oxygen atoms in total. The molecule has 0 amide bonds. The van der Waals surface area contributed by atoms with Crippen LogP contribution in [0.1, 0.15) is 36.0 Å². The Morgan fingerprint density at radius 1 is 1.09 bits per heavy atom. The third kappa shape index (κ3) is 3.55. The Balaban J connectivity index is 2.66. The molecule has 0 unspecified atom stereocenters. The van der Waals surface area contributed by atoms with Crippen molar-refractivity contribution in [1.29, 1.82) is 0 Å². The fourth-order valence-corrected chi connectivity index (χ4v) is 2.74. The third-order valence-corrected chi connectivity index (χ3v) is 3.81. The third-order valence-electron chi connectivity index (χ3n) is 3.81. The van der Waals surface area contributed by atoms with E-state index in [1.54, 1.807) is 4.90 Å². The molecule has 0 spiro atoms. The van der Waals surface area contributed by atoms with Crippen LogP contribution in [0.2, 0.25) is 0 Å². The molecule has 0 radical (unpaired) electrons. The average Bonchev–Trinajstić information content (AvgIpc) is 2.81. The Labute approximate surface area is 132 Å². The second kappa shape index (κ2) is 7.03. The fraction of sp³-hybridized carbons (Fsp3) is 0.500. The predicted octanol–water partition coefficient (Wildman–Crippen LogP) is 2.67. The molecule has 1 aliphatic heterocycles. The van der Waals surface area contributed by atoms with Gasteiger partial charge in [-0.3, -0.25) is 20.2 Å². The SMILES string of the molecule is COC(=O)c1cc([N+](=O)[O-])cc([N+](=O)[O-])c1N1CCCCCC1. The molecule has 0 aliphatic carbocycles. The number of carbonyl (C=O) groups excluding carboxylic acids is 1. The minimum atomic E-state index is -0.823. The summed E-state index contributed by atoms with van der Waals surface area (Å²) in [6.45, 7) is 1.12. The van der Waals surface area contributed by atoms with Gasteiger partial charge in [0.25, 0.3) is 11.4 Å². The molecule has 0 atom stereocenters. The average molecular weight is 323 g/mol. The molecular weight excluding hydrogens is 306 g/mol. The van der Waals surface area contributed by atoms with E-state index in [-0.39, 0.29) is 11.3 Å². The highest BCUT2D eigenvalue weighted by Crippen LogP contribution is 2.37. The van der Waals surface area contributed by atoms with Crippen LogP contribution < -0.4 is 4.90 Å². The number of carbonyl (C=O) groups is 1. The second-order valence-electron chi connectivity index (χ2n) is 5.27. The minimum Gasteiger partial charge on any atom is -0.465 e. The molecule has 0 bridgehead atoms. The van der Waals surface area contributed by atoms with Gasteiger partial charge in [-0.05, 0) is 12.8 Å². The molecule has 1 aliphatic rings. The summed E-state index contributed by atoms with van der Waals surface area (Å²) >= 11 is 0. The first-order valence-electron chi connectivity index (χ1n) is 7.25. The summed E-state index contributed by atoms with van der Waals surface area (Å²) in [5.74, 6) is -0.823. The number of methoxy groups -OCH3 is 1.